The summed E-state index contributed by atoms with van der Waals surface area (Å²) in [7, 11) is 3.45. The molecule has 0 bridgehead atoms. The highest BCUT2D eigenvalue weighted by atomic mass is 32.1. The molecule has 1 N–H and O–H groups in total. The van der Waals surface area contributed by atoms with Gasteiger partial charge in [0.2, 0.25) is 5.91 Å². The average molecular weight is 560 g/mol. The zero-order valence-corrected chi connectivity index (χ0v) is 23.6. The predicted molar refractivity (Wildman–Crippen MR) is 155 cm³/mol. The summed E-state index contributed by atoms with van der Waals surface area (Å²) < 4.78 is 3.12. The quantitative estimate of drug-likeness (QED) is 0.301. The molecule has 2 aliphatic carbocycles. The topological polar surface area (TPSA) is 110 Å². The van der Waals surface area contributed by atoms with Crippen molar-refractivity contribution in [3.05, 3.63) is 52.4 Å². The summed E-state index contributed by atoms with van der Waals surface area (Å²) in [5.74, 6) is -1.15. The number of rotatable bonds is 9. The molecular formula is C30H33N5O4S. The second-order valence-electron chi connectivity index (χ2n) is 11.1. The first kappa shape index (κ1) is 26.4. The van der Waals surface area contributed by atoms with E-state index in [1.807, 2.05) is 35.7 Å². The summed E-state index contributed by atoms with van der Waals surface area (Å²) in [6, 6.07) is 9.96. The third kappa shape index (κ3) is 4.96. The van der Waals surface area contributed by atoms with Gasteiger partial charge in [-0.15, -0.1) is 11.3 Å². The van der Waals surface area contributed by atoms with Crippen LogP contribution in [0.3, 0.4) is 0 Å². The summed E-state index contributed by atoms with van der Waals surface area (Å²) in [5, 5.41) is 12.2. The summed E-state index contributed by atoms with van der Waals surface area (Å²) in [6.45, 7) is 0. The molecule has 40 heavy (non-hydrogen) atoms. The Bertz CT molecular complexity index is 1640. The first-order chi connectivity index (χ1) is 19.3. The predicted octanol–water partition coefficient (Wildman–Crippen LogP) is 5.23. The molecule has 3 aromatic heterocycles. The molecule has 1 aromatic carbocycles. The van der Waals surface area contributed by atoms with Crippen molar-refractivity contribution in [1.29, 1.82) is 0 Å². The number of thiazole rings is 1. The molecule has 0 spiro atoms. The molecule has 9 nitrogen and oxygen atoms in total. The maximum Gasteiger partial charge on any atom is 0.329 e. The highest BCUT2D eigenvalue weighted by Crippen LogP contribution is 2.40. The van der Waals surface area contributed by atoms with Crippen LogP contribution in [0.5, 0.6) is 0 Å². The Morgan fingerprint density at radius 3 is 2.52 bits per heavy atom. The number of aliphatic carboxylic acids is 1. The van der Waals surface area contributed by atoms with E-state index in [4.69, 9.17) is 4.98 Å². The minimum atomic E-state index is -0.928. The van der Waals surface area contributed by atoms with Crippen molar-refractivity contribution in [2.24, 2.45) is 25.9 Å². The molecule has 0 radical (unpaired) electrons. The fraction of sp³-hybridized carbons (Fsp3) is 0.433. The molecule has 4 aromatic rings. The molecule has 1 atom stereocenters. The Balaban J connectivity index is 1.33. The number of carbonyl (C=O) groups excluding carboxylic acids is 1. The van der Waals surface area contributed by atoms with Gasteiger partial charge in [0.25, 0.3) is 0 Å². The van der Waals surface area contributed by atoms with Gasteiger partial charge in [0.05, 0.1) is 17.6 Å². The van der Waals surface area contributed by atoms with Crippen LogP contribution in [-0.2, 0) is 23.7 Å². The van der Waals surface area contributed by atoms with Crippen molar-refractivity contribution >= 4 is 39.5 Å². The Labute approximate surface area is 236 Å². The van der Waals surface area contributed by atoms with Gasteiger partial charge in [-0.05, 0) is 36.8 Å². The fourth-order valence-corrected chi connectivity index (χ4v) is 6.96. The first-order valence-corrected chi connectivity index (χ1v) is 14.8. The zero-order valence-electron chi connectivity index (χ0n) is 22.7. The van der Waals surface area contributed by atoms with Crippen LogP contribution in [0.4, 0.5) is 5.13 Å². The lowest BCUT2D eigenvalue weighted by Gasteiger charge is -2.26. The summed E-state index contributed by atoms with van der Waals surface area (Å²) in [5.41, 5.74) is 4.69. The normalized spacial score (nSPS) is 16.4. The monoisotopic (exact) mass is 559 g/mol. The highest BCUT2D eigenvalue weighted by Gasteiger charge is 2.40. The standard InChI is InChI=1S/C30H33N5O4S/c1-33-25-14-20(16-31-27(25)34(2)30(33)39)22-9-5-6-10-23(22)24-17-40-29(32-24)35(21-11-12-21)28(38)19(15-26(36)37)13-18-7-3-4-8-18/h5-6,9-10,14,16-19,21H,3-4,7-8,11-13,15H2,1-2H3,(H,36,37)/t19-/m1/s1. The Morgan fingerprint density at radius 2 is 1.82 bits per heavy atom. The van der Waals surface area contributed by atoms with Crippen LogP contribution in [0.2, 0.25) is 0 Å². The number of carboxylic acids is 1. The van der Waals surface area contributed by atoms with E-state index in [1.165, 1.54) is 15.9 Å². The van der Waals surface area contributed by atoms with Gasteiger partial charge >= 0.3 is 11.7 Å². The minimum absolute atomic E-state index is 0.0765. The van der Waals surface area contributed by atoms with Crippen LogP contribution in [0.25, 0.3) is 33.5 Å². The SMILES string of the molecule is Cn1c(=O)n(C)c2ncc(-c3ccccc3-c3csc(N(C(=O)[C@@H](CC(=O)O)CC4CCCC4)C4CC4)n3)cc21. The maximum atomic E-state index is 13.9. The van der Waals surface area contributed by atoms with Gasteiger partial charge in [-0.25, -0.2) is 14.8 Å². The summed E-state index contributed by atoms with van der Waals surface area (Å²) >= 11 is 1.42. The second-order valence-corrected chi connectivity index (χ2v) is 12.0. The highest BCUT2D eigenvalue weighted by molar-refractivity contribution is 7.14. The number of aromatic nitrogens is 4. The van der Waals surface area contributed by atoms with Crippen LogP contribution < -0.4 is 10.6 Å². The number of aryl methyl sites for hydroxylation is 2. The minimum Gasteiger partial charge on any atom is -0.481 e. The van der Waals surface area contributed by atoms with Crippen LogP contribution >= 0.6 is 11.3 Å². The van der Waals surface area contributed by atoms with E-state index in [2.05, 4.69) is 4.98 Å². The van der Waals surface area contributed by atoms with Crippen molar-refractivity contribution in [2.45, 2.75) is 57.4 Å². The number of benzene rings is 1. The van der Waals surface area contributed by atoms with Crippen LogP contribution in [0.1, 0.15) is 51.4 Å². The number of amides is 1. The molecule has 10 heteroatoms. The number of hydrogen-bond acceptors (Lipinski definition) is 6. The lowest BCUT2D eigenvalue weighted by molar-refractivity contribution is -0.141. The number of carbonyl (C=O) groups is 2. The number of fused-ring (bicyclic) bond motifs is 1. The number of nitrogens with zero attached hydrogens (tertiary/aromatic N) is 5. The second kappa shape index (κ2) is 10.6. The molecular weight excluding hydrogens is 526 g/mol. The van der Waals surface area contributed by atoms with E-state index in [0.29, 0.717) is 23.1 Å². The Hall–Kier alpha value is -3.79. The van der Waals surface area contributed by atoms with Gasteiger partial charge in [0.1, 0.15) is 0 Å². The lowest BCUT2D eigenvalue weighted by Crippen LogP contribution is -2.39. The number of anilines is 1. The summed E-state index contributed by atoms with van der Waals surface area (Å²) in [6.07, 6.45) is 8.53. The van der Waals surface area contributed by atoms with Gasteiger partial charge in [0.15, 0.2) is 10.8 Å². The molecule has 0 aliphatic heterocycles. The third-order valence-corrected chi connectivity index (χ3v) is 9.16. The van der Waals surface area contributed by atoms with E-state index >= 15 is 0 Å². The number of carboxylic acid groups (broad SMARTS) is 1. The molecule has 0 unspecified atom stereocenters. The number of imidazole rings is 1. The molecule has 208 valence electrons. The van der Waals surface area contributed by atoms with Gasteiger partial charge < -0.3 is 5.11 Å². The van der Waals surface area contributed by atoms with E-state index in [0.717, 1.165) is 66.4 Å². The smallest absolute Gasteiger partial charge is 0.329 e. The van der Waals surface area contributed by atoms with Crippen molar-refractivity contribution in [1.82, 2.24) is 19.1 Å². The van der Waals surface area contributed by atoms with Gasteiger partial charge in [-0.1, -0.05) is 49.9 Å². The molecule has 0 saturated heterocycles. The van der Waals surface area contributed by atoms with Crippen molar-refractivity contribution in [2.75, 3.05) is 4.90 Å². The van der Waals surface area contributed by atoms with Crippen LogP contribution in [0, 0.1) is 11.8 Å². The first-order valence-electron chi connectivity index (χ1n) is 13.9. The van der Waals surface area contributed by atoms with E-state index in [-0.39, 0.29) is 24.1 Å². The molecule has 1 amide bonds. The van der Waals surface area contributed by atoms with E-state index < -0.39 is 11.9 Å². The molecule has 2 aliphatic rings. The molecule has 6 rings (SSSR count). The van der Waals surface area contributed by atoms with Crippen molar-refractivity contribution < 1.29 is 14.7 Å². The summed E-state index contributed by atoms with van der Waals surface area (Å²) in [4.78, 5) is 49.3. The fourth-order valence-electron chi connectivity index (χ4n) is 6.06. The molecule has 2 fully saturated rings. The lowest BCUT2D eigenvalue weighted by atomic mass is 9.90. The Morgan fingerprint density at radius 1 is 1.10 bits per heavy atom. The maximum absolute atomic E-state index is 13.9. The largest absolute Gasteiger partial charge is 0.481 e. The Kier molecular flexibility index (Phi) is 7.04. The molecule has 2 saturated carbocycles. The third-order valence-electron chi connectivity index (χ3n) is 8.32. The van der Waals surface area contributed by atoms with Crippen molar-refractivity contribution in [3.63, 3.8) is 0 Å². The average Bonchev–Trinajstić information content (AvgIpc) is 3.34. The zero-order chi connectivity index (χ0) is 28.0. The number of hydrogen-bond donors (Lipinski definition) is 1. The van der Waals surface area contributed by atoms with Gasteiger partial charge in [-0.2, -0.15) is 0 Å². The van der Waals surface area contributed by atoms with Gasteiger partial charge in [0, 0.05) is 48.8 Å². The van der Waals surface area contributed by atoms with Crippen LogP contribution in [0.15, 0.2) is 46.7 Å². The van der Waals surface area contributed by atoms with E-state index in [1.54, 1.807) is 29.8 Å². The van der Waals surface area contributed by atoms with E-state index in [9.17, 15) is 19.5 Å². The number of pyridine rings is 1. The molecule has 3 heterocycles. The van der Waals surface area contributed by atoms with Crippen LogP contribution in [-0.4, -0.2) is 42.1 Å². The van der Waals surface area contributed by atoms with Crippen molar-refractivity contribution in [3.8, 4) is 22.4 Å². The van der Waals surface area contributed by atoms with Gasteiger partial charge in [-0.3, -0.25) is 23.6 Å².